The van der Waals surface area contributed by atoms with Gasteiger partial charge in [-0.1, -0.05) is 53.1 Å². The fraction of sp³-hybridized carbons (Fsp3) is 0.630. The number of halogens is 3. The molecule has 1 rings (SSSR count). The number of carbonyl (C=O) groups excluding carboxylic acids is 2. The third-order valence-electron chi connectivity index (χ3n) is 6.35. The number of ketones is 1. The second-order valence-corrected chi connectivity index (χ2v) is 19.2. The van der Waals surface area contributed by atoms with Gasteiger partial charge in [-0.05, 0) is 95.6 Å². The molecule has 0 aliphatic rings. The molecule has 10 heteroatoms. The van der Waals surface area contributed by atoms with Crippen molar-refractivity contribution in [3.8, 4) is 5.75 Å². The molecule has 0 saturated heterocycles. The maximum absolute atomic E-state index is 13.7. The third kappa shape index (κ3) is 9.65. The number of nitrogens with one attached hydrogen (secondary N) is 1. The molecule has 0 spiro atoms. The highest BCUT2D eigenvalue weighted by Crippen LogP contribution is 2.38. The Kier molecular flexibility index (Phi) is 12.9. The molecule has 0 aliphatic carbocycles. The molecule has 0 aliphatic heterocycles. The van der Waals surface area contributed by atoms with Crippen molar-refractivity contribution in [3.05, 3.63) is 35.6 Å². The summed E-state index contributed by atoms with van der Waals surface area (Å²) >= 11 is 10.8. The van der Waals surface area contributed by atoms with E-state index in [1.165, 1.54) is 6.20 Å². The van der Waals surface area contributed by atoms with Crippen molar-refractivity contribution < 1.29 is 23.5 Å². The van der Waals surface area contributed by atoms with Crippen LogP contribution in [0.25, 0.3) is 0 Å². The molecule has 0 saturated carbocycles. The maximum Gasteiger partial charge on any atom is 0.343 e. The Morgan fingerprint density at radius 1 is 1.14 bits per heavy atom. The number of esters is 1. The fourth-order valence-electron chi connectivity index (χ4n) is 2.90. The molecule has 1 unspecified atom stereocenters. The number of hydrogen-bond donors (Lipinski definition) is 1. The van der Waals surface area contributed by atoms with Crippen LogP contribution in [0.2, 0.25) is 23.2 Å². The van der Waals surface area contributed by atoms with Crippen LogP contribution in [0.3, 0.4) is 0 Å². The minimum Gasteiger partial charge on any atom is -0.489 e. The van der Waals surface area contributed by atoms with E-state index in [2.05, 4.69) is 105 Å². The lowest BCUT2D eigenvalue weighted by Crippen LogP contribution is -2.48. The summed E-state index contributed by atoms with van der Waals surface area (Å²) in [6.45, 7) is 23.4. The van der Waals surface area contributed by atoms with E-state index in [0.717, 1.165) is 3.57 Å². The monoisotopic (exact) mass is 777 g/mol. The lowest BCUT2D eigenvalue weighted by atomic mass is 9.87. The van der Waals surface area contributed by atoms with Crippen LogP contribution in [0.5, 0.6) is 5.75 Å². The van der Waals surface area contributed by atoms with Gasteiger partial charge in [0, 0.05) is 11.8 Å². The van der Waals surface area contributed by atoms with Crippen LogP contribution >= 0.6 is 56.8 Å². The predicted molar refractivity (Wildman–Crippen MR) is 171 cm³/mol. The summed E-state index contributed by atoms with van der Waals surface area (Å²) < 4.78 is 19.0. The van der Waals surface area contributed by atoms with E-state index >= 15 is 0 Å². The average molecular weight is 778 g/mol. The van der Waals surface area contributed by atoms with Gasteiger partial charge in [0.15, 0.2) is 8.32 Å². The minimum atomic E-state index is -2.00. The Hall–Kier alpha value is -0.373. The highest BCUT2D eigenvalue weighted by molar-refractivity contribution is 14.1. The molecule has 6 nitrogen and oxygen atoms in total. The lowest BCUT2D eigenvalue weighted by Gasteiger charge is -2.39. The van der Waals surface area contributed by atoms with Crippen LogP contribution in [-0.4, -0.2) is 45.4 Å². The summed E-state index contributed by atoms with van der Waals surface area (Å²) in [5.41, 5.74) is -0.105. The number of rotatable bonds is 11. The van der Waals surface area contributed by atoms with Gasteiger partial charge in [0.25, 0.3) is 0 Å². The highest BCUT2D eigenvalue weighted by atomic mass is 127. The Balaban J connectivity index is 3.45. The van der Waals surface area contributed by atoms with E-state index in [-0.39, 0.29) is 45.4 Å². The minimum absolute atomic E-state index is 0.0540. The summed E-state index contributed by atoms with van der Waals surface area (Å²) in [4.78, 5) is 26.6. The third-order valence-corrected chi connectivity index (χ3v) is 13.4. The van der Waals surface area contributed by atoms with E-state index in [0.29, 0.717) is 15.9 Å². The smallest absolute Gasteiger partial charge is 0.343 e. The van der Waals surface area contributed by atoms with Crippen LogP contribution in [0.1, 0.15) is 72.7 Å². The van der Waals surface area contributed by atoms with Crippen molar-refractivity contribution in [3.63, 3.8) is 0 Å². The van der Waals surface area contributed by atoms with Gasteiger partial charge in [0.05, 0.1) is 37.5 Å². The molecular formula is C27H42ClI2NO5Si. The SMILES string of the molecule is CCOC(=O)C(=CNC(CO[Si](C)(C)C(C)(C)C)C(C)(C)C)C(=O)c1cc(I)c(OC(C)C)c(I)c1Cl. The van der Waals surface area contributed by atoms with Crippen LogP contribution in [0, 0.1) is 12.6 Å². The molecule has 0 amide bonds. The van der Waals surface area contributed by atoms with Gasteiger partial charge in [0.2, 0.25) is 5.78 Å². The van der Waals surface area contributed by atoms with Crippen molar-refractivity contribution in [2.24, 2.45) is 5.41 Å². The molecule has 0 heterocycles. The van der Waals surface area contributed by atoms with Gasteiger partial charge in [-0.3, -0.25) is 4.79 Å². The van der Waals surface area contributed by atoms with Gasteiger partial charge in [0.1, 0.15) is 11.3 Å². The zero-order valence-corrected chi connectivity index (χ0v) is 30.0. The molecule has 1 N–H and O–H groups in total. The number of ether oxygens (including phenoxy) is 2. The molecule has 0 radical (unpaired) electrons. The normalized spacial score (nSPS) is 14.0. The molecule has 1 aromatic carbocycles. The Labute approximate surface area is 256 Å². The van der Waals surface area contributed by atoms with E-state index in [4.69, 9.17) is 25.5 Å². The summed E-state index contributed by atoms with van der Waals surface area (Å²) in [5.74, 6) is -0.601. The molecule has 1 atom stereocenters. The van der Waals surface area contributed by atoms with E-state index in [1.54, 1.807) is 13.0 Å². The van der Waals surface area contributed by atoms with Crippen LogP contribution in [0.15, 0.2) is 17.8 Å². The number of benzene rings is 1. The highest BCUT2D eigenvalue weighted by Gasteiger charge is 2.39. The Morgan fingerprint density at radius 3 is 2.16 bits per heavy atom. The largest absolute Gasteiger partial charge is 0.489 e. The standard InChI is InChI=1S/C27H42ClI2NO5Si/c1-12-34-25(33)18(14-31-20(26(4,5)6)15-35-37(10,11)27(7,8)9)23(32)17-13-19(29)24(36-16(2)3)22(30)21(17)28/h13-14,16,20,31H,12,15H2,1-11H3. The van der Waals surface area contributed by atoms with Gasteiger partial charge in [-0.2, -0.15) is 0 Å². The van der Waals surface area contributed by atoms with Crippen molar-refractivity contribution in [2.75, 3.05) is 13.2 Å². The molecule has 37 heavy (non-hydrogen) atoms. The van der Waals surface area contributed by atoms with E-state index in [9.17, 15) is 9.59 Å². The van der Waals surface area contributed by atoms with Gasteiger partial charge in [-0.15, -0.1) is 0 Å². The topological polar surface area (TPSA) is 73.9 Å². The van der Waals surface area contributed by atoms with Crippen molar-refractivity contribution in [2.45, 2.75) is 92.6 Å². The van der Waals surface area contributed by atoms with Gasteiger partial charge < -0.3 is 19.2 Å². The number of carbonyl (C=O) groups is 2. The molecule has 1 aromatic rings. The van der Waals surface area contributed by atoms with Gasteiger partial charge >= 0.3 is 5.97 Å². The molecule has 0 aromatic heterocycles. The van der Waals surface area contributed by atoms with Crippen LogP contribution < -0.4 is 10.1 Å². The summed E-state index contributed by atoms with van der Waals surface area (Å²) in [5, 5.41) is 3.61. The second kappa shape index (κ2) is 13.8. The average Bonchev–Trinajstić information content (AvgIpc) is 2.74. The van der Waals surface area contributed by atoms with Gasteiger partial charge in [-0.25, -0.2) is 4.79 Å². The molecule has 210 valence electrons. The van der Waals surface area contributed by atoms with Crippen molar-refractivity contribution >= 4 is 76.9 Å². The summed E-state index contributed by atoms with van der Waals surface area (Å²) in [6.07, 6.45) is 1.40. The van der Waals surface area contributed by atoms with E-state index < -0.39 is 20.1 Å². The zero-order chi connectivity index (χ0) is 28.9. The van der Waals surface area contributed by atoms with Crippen LogP contribution in [-0.2, 0) is 14.0 Å². The summed E-state index contributed by atoms with van der Waals surface area (Å²) in [6, 6.07) is 1.50. The first-order valence-corrected chi connectivity index (χ1v) is 17.8. The summed E-state index contributed by atoms with van der Waals surface area (Å²) in [7, 11) is -2.00. The maximum atomic E-state index is 13.7. The number of Topliss-reactive ketones (excluding diaryl/α,β-unsaturated/α-hetero) is 1. The van der Waals surface area contributed by atoms with Crippen molar-refractivity contribution in [1.29, 1.82) is 0 Å². The Morgan fingerprint density at radius 2 is 1.70 bits per heavy atom. The predicted octanol–water partition coefficient (Wildman–Crippen LogP) is 7.99. The van der Waals surface area contributed by atoms with E-state index in [1.807, 2.05) is 13.8 Å². The zero-order valence-electron chi connectivity index (χ0n) is 23.9. The fourth-order valence-corrected chi connectivity index (χ4v) is 6.07. The first-order valence-electron chi connectivity index (χ1n) is 12.4. The lowest BCUT2D eigenvalue weighted by molar-refractivity contribution is -0.138. The quantitative estimate of drug-likeness (QED) is 0.0359. The Bertz CT molecular complexity index is 1010. The first-order chi connectivity index (χ1) is 16.7. The number of hydrogen-bond acceptors (Lipinski definition) is 6. The molecule has 0 bridgehead atoms. The molecular weight excluding hydrogens is 736 g/mol. The second-order valence-electron chi connectivity index (χ2n) is 11.8. The molecule has 0 fully saturated rings. The van der Waals surface area contributed by atoms with Crippen molar-refractivity contribution in [1.82, 2.24) is 5.32 Å². The first kappa shape index (κ1) is 34.7. The van der Waals surface area contributed by atoms with Crippen LogP contribution in [0.4, 0.5) is 0 Å².